The van der Waals surface area contributed by atoms with Gasteiger partial charge >= 0.3 is 0 Å². The van der Waals surface area contributed by atoms with E-state index in [-0.39, 0.29) is 12.0 Å². The fourth-order valence-corrected chi connectivity index (χ4v) is 3.21. The van der Waals surface area contributed by atoms with Crippen molar-refractivity contribution in [3.63, 3.8) is 0 Å². The molecule has 1 saturated heterocycles. The van der Waals surface area contributed by atoms with Crippen LogP contribution in [0.3, 0.4) is 0 Å². The Hall–Kier alpha value is -1.42. The number of rotatable bonds is 5. The van der Waals surface area contributed by atoms with Crippen molar-refractivity contribution in [2.24, 2.45) is 5.41 Å². The molecule has 0 unspecified atom stereocenters. The predicted molar refractivity (Wildman–Crippen MR) is 79.8 cm³/mol. The van der Waals surface area contributed by atoms with Gasteiger partial charge in [0.1, 0.15) is 12.1 Å². The van der Waals surface area contributed by atoms with Crippen LogP contribution < -0.4 is 4.90 Å². The van der Waals surface area contributed by atoms with Crippen LogP contribution in [0.1, 0.15) is 43.7 Å². The molecule has 0 aromatic carbocycles. The third-order valence-electron chi connectivity index (χ3n) is 4.57. The van der Waals surface area contributed by atoms with Crippen LogP contribution in [0.2, 0.25) is 0 Å². The standard InChI is InChI=1S/C16H23N3O/c1-2-6-16(11-20)7-3-8-19(10-16)15-9-14(13-4-5-13)17-12-18-15/h2,9,12-13,20H,1,3-8,10-11H2/t16-/m1/s1. The van der Waals surface area contributed by atoms with Gasteiger partial charge in [-0.1, -0.05) is 6.08 Å². The van der Waals surface area contributed by atoms with Crippen LogP contribution in [0.5, 0.6) is 0 Å². The van der Waals surface area contributed by atoms with E-state index < -0.39 is 0 Å². The van der Waals surface area contributed by atoms with E-state index in [9.17, 15) is 5.11 Å². The summed E-state index contributed by atoms with van der Waals surface area (Å²) in [5, 5.41) is 9.78. The Morgan fingerprint density at radius 3 is 3.00 bits per heavy atom. The first-order valence-corrected chi connectivity index (χ1v) is 7.55. The highest BCUT2D eigenvalue weighted by atomic mass is 16.3. The number of hydrogen-bond donors (Lipinski definition) is 1. The number of aliphatic hydroxyl groups excluding tert-OH is 1. The van der Waals surface area contributed by atoms with E-state index in [0.717, 1.165) is 38.2 Å². The van der Waals surface area contributed by atoms with E-state index in [4.69, 9.17) is 0 Å². The number of aromatic nitrogens is 2. The van der Waals surface area contributed by atoms with Crippen LogP contribution in [0.4, 0.5) is 5.82 Å². The van der Waals surface area contributed by atoms with Crippen molar-refractivity contribution < 1.29 is 5.11 Å². The molecule has 0 spiro atoms. The first-order chi connectivity index (χ1) is 9.76. The summed E-state index contributed by atoms with van der Waals surface area (Å²) in [6.45, 7) is 5.93. The monoisotopic (exact) mass is 273 g/mol. The van der Waals surface area contributed by atoms with Crippen molar-refractivity contribution in [1.82, 2.24) is 9.97 Å². The zero-order chi connectivity index (χ0) is 14.0. The molecule has 20 heavy (non-hydrogen) atoms. The van der Waals surface area contributed by atoms with Gasteiger partial charge in [0.15, 0.2) is 0 Å². The maximum Gasteiger partial charge on any atom is 0.132 e. The summed E-state index contributed by atoms with van der Waals surface area (Å²) in [6, 6.07) is 2.14. The lowest BCUT2D eigenvalue weighted by molar-refractivity contribution is 0.108. The van der Waals surface area contributed by atoms with Crippen molar-refractivity contribution in [3.8, 4) is 0 Å². The minimum absolute atomic E-state index is 0.0509. The minimum atomic E-state index is -0.0509. The summed E-state index contributed by atoms with van der Waals surface area (Å²) in [4.78, 5) is 11.1. The summed E-state index contributed by atoms with van der Waals surface area (Å²) in [5.74, 6) is 1.67. The summed E-state index contributed by atoms with van der Waals surface area (Å²) in [5.41, 5.74) is 1.13. The van der Waals surface area contributed by atoms with E-state index in [1.165, 1.54) is 18.5 Å². The third kappa shape index (κ3) is 2.70. The van der Waals surface area contributed by atoms with Gasteiger partial charge in [0, 0.05) is 36.2 Å². The molecule has 0 radical (unpaired) electrons. The molecule has 3 rings (SSSR count). The zero-order valence-corrected chi connectivity index (χ0v) is 12.0. The zero-order valence-electron chi connectivity index (χ0n) is 12.0. The van der Waals surface area contributed by atoms with Gasteiger partial charge in [-0.3, -0.25) is 0 Å². The Labute approximate surface area is 120 Å². The molecule has 1 saturated carbocycles. The van der Waals surface area contributed by atoms with Crippen molar-refractivity contribution in [2.75, 3.05) is 24.6 Å². The highest BCUT2D eigenvalue weighted by Gasteiger charge is 2.35. The Kier molecular flexibility index (Phi) is 3.74. The van der Waals surface area contributed by atoms with Crippen LogP contribution in [0.15, 0.2) is 25.0 Å². The molecule has 1 aliphatic heterocycles. The molecule has 108 valence electrons. The Bertz CT molecular complexity index is 486. The van der Waals surface area contributed by atoms with Gasteiger partial charge in [0.25, 0.3) is 0 Å². The molecular formula is C16H23N3O. The Balaban J connectivity index is 1.78. The highest BCUT2D eigenvalue weighted by Crippen LogP contribution is 2.40. The number of hydrogen-bond acceptors (Lipinski definition) is 4. The normalized spacial score (nSPS) is 26.6. The molecular weight excluding hydrogens is 250 g/mol. The van der Waals surface area contributed by atoms with Crippen molar-refractivity contribution >= 4 is 5.82 Å². The SMILES string of the molecule is C=CC[C@@]1(CO)CCCN(c2cc(C3CC3)ncn2)C1. The van der Waals surface area contributed by atoms with E-state index in [1.54, 1.807) is 6.33 Å². The lowest BCUT2D eigenvalue weighted by Gasteiger charge is -2.42. The van der Waals surface area contributed by atoms with Gasteiger partial charge in [0.2, 0.25) is 0 Å². The van der Waals surface area contributed by atoms with Gasteiger partial charge < -0.3 is 10.0 Å². The maximum atomic E-state index is 9.78. The van der Waals surface area contributed by atoms with E-state index >= 15 is 0 Å². The average Bonchev–Trinajstić information content (AvgIpc) is 3.33. The molecule has 0 amide bonds. The van der Waals surface area contributed by atoms with Crippen LogP contribution in [-0.2, 0) is 0 Å². The summed E-state index contributed by atoms with van der Waals surface area (Å²) >= 11 is 0. The second kappa shape index (κ2) is 5.52. The third-order valence-corrected chi connectivity index (χ3v) is 4.57. The summed E-state index contributed by atoms with van der Waals surface area (Å²) in [7, 11) is 0. The number of anilines is 1. The molecule has 2 fully saturated rings. The van der Waals surface area contributed by atoms with Crippen molar-refractivity contribution in [1.29, 1.82) is 0 Å². The second-order valence-corrected chi connectivity index (χ2v) is 6.25. The van der Waals surface area contributed by atoms with E-state index in [1.807, 2.05) is 6.08 Å². The average molecular weight is 273 g/mol. The Morgan fingerprint density at radius 2 is 2.30 bits per heavy atom. The summed E-state index contributed by atoms with van der Waals surface area (Å²) < 4.78 is 0. The van der Waals surface area contributed by atoms with Gasteiger partial charge in [-0.2, -0.15) is 0 Å². The van der Waals surface area contributed by atoms with Crippen LogP contribution in [0, 0.1) is 5.41 Å². The summed E-state index contributed by atoms with van der Waals surface area (Å²) in [6.07, 6.45) is 9.15. The largest absolute Gasteiger partial charge is 0.396 e. The lowest BCUT2D eigenvalue weighted by atomic mass is 9.78. The first-order valence-electron chi connectivity index (χ1n) is 7.55. The van der Waals surface area contributed by atoms with E-state index in [2.05, 4.69) is 27.5 Å². The first kappa shape index (κ1) is 13.6. The van der Waals surface area contributed by atoms with Crippen LogP contribution >= 0.6 is 0 Å². The predicted octanol–water partition coefficient (Wildman–Crippen LogP) is 2.51. The second-order valence-electron chi connectivity index (χ2n) is 6.25. The fourth-order valence-electron chi connectivity index (χ4n) is 3.21. The van der Waals surface area contributed by atoms with Crippen molar-refractivity contribution in [3.05, 3.63) is 30.7 Å². The molecule has 1 aromatic rings. The lowest BCUT2D eigenvalue weighted by Crippen LogP contribution is -2.45. The molecule has 1 aliphatic carbocycles. The molecule has 2 aliphatic rings. The molecule has 4 heteroatoms. The van der Waals surface area contributed by atoms with Gasteiger partial charge in [-0.15, -0.1) is 6.58 Å². The van der Waals surface area contributed by atoms with Gasteiger partial charge in [-0.05, 0) is 32.1 Å². The van der Waals surface area contributed by atoms with Gasteiger partial charge in [-0.25, -0.2) is 9.97 Å². The Morgan fingerprint density at radius 1 is 1.45 bits per heavy atom. The minimum Gasteiger partial charge on any atom is -0.396 e. The van der Waals surface area contributed by atoms with Crippen molar-refractivity contribution in [2.45, 2.75) is 38.0 Å². The number of aliphatic hydroxyl groups is 1. The number of nitrogens with zero attached hydrogens (tertiary/aromatic N) is 3. The van der Waals surface area contributed by atoms with Crippen LogP contribution in [0.25, 0.3) is 0 Å². The van der Waals surface area contributed by atoms with Crippen LogP contribution in [-0.4, -0.2) is 34.8 Å². The topological polar surface area (TPSA) is 49.2 Å². The fraction of sp³-hybridized carbons (Fsp3) is 0.625. The molecule has 4 nitrogen and oxygen atoms in total. The quantitative estimate of drug-likeness (QED) is 0.837. The number of allylic oxidation sites excluding steroid dienone is 1. The molecule has 1 atom stereocenters. The molecule has 0 bridgehead atoms. The molecule has 2 heterocycles. The van der Waals surface area contributed by atoms with E-state index in [0.29, 0.717) is 5.92 Å². The number of piperidine rings is 1. The smallest absolute Gasteiger partial charge is 0.132 e. The highest BCUT2D eigenvalue weighted by molar-refractivity contribution is 5.41. The molecule has 1 N–H and O–H groups in total. The van der Waals surface area contributed by atoms with Gasteiger partial charge in [0.05, 0.1) is 6.61 Å². The molecule has 1 aromatic heterocycles. The maximum absolute atomic E-state index is 9.78.